The summed E-state index contributed by atoms with van der Waals surface area (Å²) in [6.45, 7) is 15.3. The maximum absolute atomic E-state index is 12.9. The number of carbonyl (C=O) groups is 4. The van der Waals surface area contributed by atoms with E-state index in [9.17, 15) is 24.3 Å². The number of ether oxygens (including phenoxy) is 1. The molecule has 13 heteroatoms. The van der Waals surface area contributed by atoms with Crippen LogP contribution in [0.4, 0.5) is 11.4 Å². The minimum atomic E-state index is -1.10. The van der Waals surface area contributed by atoms with E-state index in [2.05, 4.69) is 65.6 Å². The summed E-state index contributed by atoms with van der Waals surface area (Å²) in [6.07, 6.45) is 8.52. The van der Waals surface area contributed by atoms with Gasteiger partial charge in [-0.1, -0.05) is 32.1 Å². The highest BCUT2D eigenvalue weighted by Crippen LogP contribution is 2.45. The van der Waals surface area contributed by atoms with Crippen molar-refractivity contribution >= 4 is 58.0 Å². The van der Waals surface area contributed by atoms with Gasteiger partial charge in [0.1, 0.15) is 17.6 Å². The number of hydrogen-bond acceptors (Lipinski definition) is 8. The number of hydrogen-bond donors (Lipinski definition) is 4. The number of thiocarbonyl (C=S) groups is 1. The number of amides is 3. The summed E-state index contributed by atoms with van der Waals surface area (Å²) in [5.41, 5.74) is 4.50. The lowest BCUT2D eigenvalue weighted by Gasteiger charge is -2.33. The van der Waals surface area contributed by atoms with Crippen LogP contribution in [0.15, 0.2) is 78.1 Å². The normalized spacial score (nSPS) is 17.2. The summed E-state index contributed by atoms with van der Waals surface area (Å²) in [6, 6.07) is 9.92. The number of rotatable bonds is 14. The van der Waals surface area contributed by atoms with Crippen molar-refractivity contribution in [2.24, 2.45) is 0 Å². The quantitative estimate of drug-likeness (QED) is 0.159. The third kappa shape index (κ3) is 7.95. The van der Waals surface area contributed by atoms with Crippen LogP contribution in [-0.4, -0.2) is 94.6 Å². The van der Waals surface area contributed by atoms with Gasteiger partial charge in [-0.3, -0.25) is 24.2 Å². The van der Waals surface area contributed by atoms with Gasteiger partial charge in [0.15, 0.2) is 5.11 Å². The molecule has 1 aliphatic carbocycles. The maximum atomic E-state index is 12.9. The molecule has 3 amide bonds. The zero-order valence-corrected chi connectivity index (χ0v) is 31.2. The topological polar surface area (TPSA) is 144 Å². The number of fused-ring (bicyclic) bond motifs is 2. The van der Waals surface area contributed by atoms with Crippen LogP contribution in [0.2, 0.25) is 0 Å². The SMILES string of the molecule is CCN(CC)c1ccc2c(c1)OC1=CC(N(CC)CC)C=CC1=C2c1ccc(NC(=S)NC(C)CNC(=O)C(C)N2C(=O)C=CC2=O)cc1C(=O)O. The van der Waals surface area contributed by atoms with Gasteiger partial charge in [0.05, 0.1) is 11.6 Å². The van der Waals surface area contributed by atoms with E-state index in [1.807, 2.05) is 24.3 Å². The van der Waals surface area contributed by atoms with E-state index in [-0.39, 0.29) is 29.3 Å². The molecule has 3 atom stereocenters. The van der Waals surface area contributed by atoms with E-state index < -0.39 is 29.7 Å². The van der Waals surface area contributed by atoms with Crippen LogP contribution >= 0.6 is 12.2 Å². The molecule has 0 saturated heterocycles. The molecule has 0 radical (unpaired) electrons. The Bertz CT molecular complexity index is 1870. The minimum absolute atomic E-state index is 0.0384. The van der Waals surface area contributed by atoms with E-state index in [0.717, 1.165) is 65.6 Å². The molecule has 3 aliphatic rings. The van der Waals surface area contributed by atoms with Crippen molar-refractivity contribution < 1.29 is 29.0 Å². The molecule has 0 saturated carbocycles. The molecule has 52 heavy (non-hydrogen) atoms. The number of likely N-dealkylation sites (N-methyl/N-ethyl adjacent to an activating group) is 1. The summed E-state index contributed by atoms with van der Waals surface area (Å²) in [5, 5.41) is 19.6. The Kier molecular flexibility index (Phi) is 12.0. The Morgan fingerprint density at radius 3 is 2.25 bits per heavy atom. The molecule has 3 unspecified atom stereocenters. The van der Waals surface area contributed by atoms with Gasteiger partial charge in [-0.2, -0.15) is 0 Å². The summed E-state index contributed by atoms with van der Waals surface area (Å²) in [4.78, 5) is 54.8. The van der Waals surface area contributed by atoms with Crippen molar-refractivity contribution in [3.63, 3.8) is 0 Å². The number of anilines is 2. The molecule has 0 spiro atoms. The van der Waals surface area contributed by atoms with Crippen molar-refractivity contribution in [2.45, 2.75) is 59.7 Å². The fourth-order valence-corrected chi connectivity index (χ4v) is 6.98. The number of aromatic carboxylic acids is 1. The highest BCUT2D eigenvalue weighted by Gasteiger charge is 2.33. The average molecular weight is 727 g/mol. The van der Waals surface area contributed by atoms with Crippen molar-refractivity contribution in [3.05, 3.63) is 94.8 Å². The molecule has 0 fully saturated rings. The molecule has 2 aliphatic heterocycles. The fraction of sp³-hybridized carbons (Fsp3) is 0.359. The highest BCUT2D eigenvalue weighted by molar-refractivity contribution is 7.80. The van der Waals surface area contributed by atoms with Crippen LogP contribution in [0.25, 0.3) is 5.57 Å². The Labute approximate surface area is 309 Å². The summed E-state index contributed by atoms with van der Waals surface area (Å²) in [7, 11) is 0. The van der Waals surface area contributed by atoms with E-state index in [4.69, 9.17) is 17.0 Å². The van der Waals surface area contributed by atoms with Crippen LogP contribution in [0.5, 0.6) is 5.75 Å². The zero-order valence-electron chi connectivity index (χ0n) is 30.4. The predicted molar refractivity (Wildman–Crippen MR) is 206 cm³/mol. The second-order valence-electron chi connectivity index (χ2n) is 12.7. The average Bonchev–Trinajstić information content (AvgIpc) is 3.46. The van der Waals surface area contributed by atoms with Crippen molar-refractivity contribution in [1.29, 1.82) is 0 Å². The first kappa shape index (κ1) is 38.0. The molecule has 2 aromatic rings. The molecular formula is C39H46N6O6S. The molecule has 2 heterocycles. The number of nitrogens with one attached hydrogen (secondary N) is 3. The lowest BCUT2D eigenvalue weighted by atomic mass is 9.84. The van der Waals surface area contributed by atoms with Gasteiger partial charge < -0.3 is 30.7 Å². The van der Waals surface area contributed by atoms with Gasteiger partial charge in [-0.25, -0.2) is 4.79 Å². The largest absolute Gasteiger partial charge is 0.478 e. The summed E-state index contributed by atoms with van der Waals surface area (Å²) < 4.78 is 6.59. The summed E-state index contributed by atoms with van der Waals surface area (Å²) in [5.74, 6) is -1.29. The third-order valence-corrected chi connectivity index (χ3v) is 9.70. The summed E-state index contributed by atoms with van der Waals surface area (Å²) >= 11 is 5.52. The third-order valence-electron chi connectivity index (χ3n) is 9.48. The van der Waals surface area contributed by atoms with Crippen molar-refractivity contribution in [3.8, 4) is 5.75 Å². The van der Waals surface area contributed by atoms with Crippen LogP contribution in [0.1, 0.15) is 63.0 Å². The molecular weight excluding hydrogens is 681 g/mol. The van der Waals surface area contributed by atoms with Gasteiger partial charge in [-0.05, 0) is 88.9 Å². The first-order valence-corrected chi connectivity index (χ1v) is 18.0. The molecule has 12 nitrogen and oxygen atoms in total. The predicted octanol–water partition coefficient (Wildman–Crippen LogP) is 4.69. The second-order valence-corrected chi connectivity index (χ2v) is 13.1. The van der Waals surface area contributed by atoms with Crippen LogP contribution < -0.4 is 25.6 Å². The molecule has 0 aromatic heterocycles. The van der Waals surface area contributed by atoms with Crippen LogP contribution in [0, 0.1) is 0 Å². The van der Waals surface area contributed by atoms with Gasteiger partial charge in [0.25, 0.3) is 11.8 Å². The number of nitrogens with zero attached hydrogens (tertiary/aromatic N) is 3. The Balaban J connectivity index is 1.39. The van der Waals surface area contributed by atoms with E-state index >= 15 is 0 Å². The Morgan fingerprint density at radius 2 is 1.62 bits per heavy atom. The first-order valence-electron chi connectivity index (χ1n) is 17.6. The molecule has 274 valence electrons. The second kappa shape index (κ2) is 16.4. The van der Waals surface area contributed by atoms with Gasteiger partial charge in [0, 0.05) is 72.0 Å². The number of imide groups is 1. The Hall–Kier alpha value is -5.27. The van der Waals surface area contributed by atoms with Crippen molar-refractivity contribution in [2.75, 3.05) is 42.9 Å². The minimum Gasteiger partial charge on any atom is -0.478 e. The fourth-order valence-electron chi connectivity index (χ4n) is 6.66. The van der Waals surface area contributed by atoms with Crippen molar-refractivity contribution in [1.82, 2.24) is 20.4 Å². The number of carbonyl (C=O) groups excluding carboxylic acids is 3. The lowest BCUT2D eigenvalue weighted by Crippen LogP contribution is -2.51. The van der Waals surface area contributed by atoms with Crippen LogP contribution in [-0.2, 0) is 14.4 Å². The maximum Gasteiger partial charge on any atom is 0.336 e. The van der Waals surface area contributed by atoms with E-state index in [1.165, 1.54) is 6.92 Å². The molecule has 0 bridgehead atoms. The van der Waals surface area contributed by atoms with E-state index in [0.29, 0.717) is 22.8 Å². The Morgan fingerprint density at radius 1 is 0.942 bits per heavy atom. The van der Waals surface area contributed by atoms with Crippen LogP contribution in [0.3, 0.4) is 0 Å². The monoisotopic (exact) mass is 726 g/mol. The smallest absolute Gasteiger partial charge is 0.336 e. The highest BCUT2D eigenvalue weighted by atomic mass is 32.1. The van der Waals surface area contributed by atoms with Gasteiger partial charge in [-0.15, -0.1) is 0 Å². The van der Waals surface area contributed by atoms with Gasteiger partial charge in [0.2, 0.25) is 5.91 Å². The number of benzene rings is 2. The molecule has 4 N–H and O–H groups in total. The van der Waals surface area contributed by atoms with E-state index in [1.54, 1.807) is 25.1 Å². The standard InChI is InChI=1S/C39H46N6O6S/c1-7-43(8-2)26-12-15-29-32(20-26)51-33-21-27(44(9-3)10-4)13-16-30(33)36(29)28-14-11-25(19-31(28)38(49)50)42-39(52)41-23(5)22-40-37(48)24(6)45-34(46)17-18-35(45)47/h11-21,23-24,26H,7-10,22H2,1-6H3,(H,40,48)(H,49,50)(H2,41,42,52). The first-order chi connectivity index (χ1) is 24.9. The molecule has 5 rings (SSSR count). The lowest BCUT2D eigenvalue weighted by molar-refractivity contribution is -0.144. The number of carboxylic acid groups (broad SMARTS) is 1. The number of carboxylic acids is 1. The number of allylic oxidation sites excluding steroid dienone is 1. The van der Waals surface area contributed by atoms with Gasteiger partial charge >= 0.3 is 5.97 Å². The zero-order chi connectivity index (χ0) is 37.7. The molecule has 2 aromatic carbocycles.